The van der Waals surface area contributed by atoms with Gasteiger partial charge in [-0.05, 0) is 31.4 Å². The first-order chi connectivity index (χ1) is 9.28. The van der Waals surface area contributed by atoms with E-state index in [-0.39, 0.29) is 0 Å². The zero-order valence-corrected chi connectivity index (χ0v) is 11.1. The fourth-order valence-electron chi connectivity index (χ4n) is 2.82. The number of hydrogen-bond acceptors (Lipinski definition) is 4. The van der Waals surface area contributed by atoms with Crippen molar-refractivity contribution in [3.63, 3.8) is 0 Å². The van der Waals surface area contributed by atoms with Crippen LogP contribution in [0.2, 0.25) is 0 Å². The van der Waals surface area contributed by atoms with Gasteiger partial charge in [-0.15, -0.1) is 0 Å². The van der Waals surface area contributed by atoms with Crippen LogP contribution in [0.5, 0.6) is 0 Å². The quantitative estimate of drug-likeness (QED) is 0.830. The number of pyridine rings is 1. The molecule has 1 aliphatic rings. The highest BCUT2D eigenvalue weighted by molar-refractivity contribution is 5.98. The highest BCUT2D eigenvalue weighted by Crippen LogP contribution is 2.31. The van der Waals surface area contributed by atoms with Gasteiger partial charge in [0.1, 0.15) is 0 Å². The Hall–Kier alpha value is -1.81. The van der Waals surface area contributed by atoms with Crippen molar-refractivity contribution in [3.8, 4) is 0 Å². The second-order valence-electron chi connectivity index (χ2n) is 5.14. The summed E-state index contributed by atoms with van der Waals surface area (Å²) in [5.74, 6) is 0. The highest BCUT2D eigenvalue weighted by atomic mass is 16.5. The standard InChI is InChI=1S/C15H19N3O/c1-19-12-4-3-11(8-12)18-14-5-2-10-9-17-7-6-13(10)15(14)16/h2,5-7,9,11-12,18H,3-4,8,16H2,1H3. The Morgan fingerprint density at radius 2 is 2.21 bits per heavy atom. The second kappa shape index (κ2) is 5.05. The summed E-state index contributed by atoms with van der Waals surface area (Å²) in [5, 5.41) is 5.67. The largest absolute Gasteiger partial charge is 0.397 e. The van der Waals surface area contributed by atoms with E-state index in [1.165, 1.54) is 0 Å². The number of anilines is 2. The van der Waals surface area contributed by atoms with E-state index < -0.39 is 0 Å². The number of nitrogens with one attached hydrogen (secondary N) is 1. The lowest BCUT2D eigenvalue weighted by atomic mass is 10.1. The fraction of sp³-hybridized carbons (Fsp3) is 0.400. The van der Waals surface area contributed by atoms with Gasteiger partial charge >= 0.3 is 0 Å². The van der Waals surface area contributed by atoms with Gasteiger partial charge in [0.2, 0.25) is 0 Å². The molecule has 3 N–H and O–H groups in total. The van der Waals surface area contributed by atoms with Crippen molar-refractivity contribution in [2.75, 3.05) is 18.2 Å². The van der Waals surface area contributed by atoms with Gasteiger partial charge in [-0.2, -0.15) is 0 Å². The molecule has 0 spiro atoms. The summed E-state index contributed by atoms with van der Waals surface area (Å²) < 4.78 is 5.40. The summed E-state index contributed by atoms with van der Waals surface area (Å²) in [6, 6.07) is 6.51. The van der Waals surface area contributed by atoms with Crippen LogP contribution in [-0.2, 0) is 4.74 Å². The lowest BCUT2D eigenvalue weighted by Crippen LogP contribution is -2.18. The number of fused-ring (bicyclic) bond motifs is 1. The molecular weight excluding hydrogens is 238 g/mol. The average Bonchev–Trinajstić information content (AvgIpc) is 2.90. The van der Waals surface area contributed by atoms with Crippen molar-refractivity contribution in [1.82, 2.24) is 4.98 Å². The van der Waals surface area contributed by atoms with Gasteiger partial charge in [-0.25, -0.2) is 0 Å². The molecule has 0 radical (unpaired) electrons. The number of nitrogens with two attached hydrogens (primary N) is 1. The molecule has 1 aromatic carbocycles. The van der Waals surface area contributed by atoms with Crippen LogP contribution in [0.25, 0.3) is 10.8 Å². The van der Waals surface area contributed by atoms with Gasteiger partial charge < -0.3 is 15.8 Å². The molecule has 2 aromatic rings. The maximum Gasteiger partial charge on any atom is 0.0630 e. The van der Waals surface area contributed by atoms with Crippen molar-refractivity contribution in [2.24, 2.45) is 0 Å². The van der Waals surface area contributed by atoms with E-state index in [4.69, 9.17) is 10.5 Å². The number of ether oxygens (including phenoxy) is 1. The molecule has 0 aliphatic heterocycles. The zero-order valence-electron chi connectivity index (χ0n) is 11.1. The smallest absolute Gasteiger partial charge is 0.0630 e. The van der Waals surface area contributed by atoms with Crippen LogP contribution in [0.3, 0.4) is 0 Å². The van der Waals surface area contributed by atoms with E-state index in [0.717, 1.165) is 41.4 Å². The third kappa shape index (κ3) is 2.36. The summed E-state index contributed by atoms with van der Waals surface area (Å²) in [7, 11) is 1.78. The molecule has 0 saturated heterocycles. The summed E-state index contributed by atoms with van der Waals surface area (Å²) in [6.07, 6.45) is 7.29. The molecule has 0 bridgehead atoms. The number of benzene rings is 1. The van der Waals surface area contributed by atoms with E-state index >= 15 is 0 Å². The van der Waals surface area contributed by atoms with E-state index in [1.54, 1.807) is 13.3 Å². The van der Waals surface area contributed by atoms with Crippen molar-refractivity contribution < 1.29 is 4.74 Å². The maximum absolute atomic E-state index is 6.24. The maximum atomic E-state index is 6.24. The molecule has 4 heteroatoms. The number of rotatable bonds is 3. The first-order valence-corrected chi connectivity index (χ1v) is 6.69. The Kier molecular flexibility index (Phi) is 3.25. The molecule has 4 nitrogen and oxygen atoms in total. The van der Waals surface area contributed by atoms with Crippen LogP contribution < -0.4 is 11.1 Å². The molecule has 1 saturated carbocycles. The van der Waals surface area contributed by atoms with Crippen molar-refractivity contribution in [3.05, 3.63) is 30.6 Å². The number of nitrogen functional groups attached to an aromatic ring is 1. The first kappa shape index (κ1) is 12.2. The minimum atomic E-state index is 0.378. The molecule has 2 atom stereocenters. The number of nitrogens with zero attached hydrogens (tertiary/aromatic N) is 1. The van der Waals surface area contributed by atoms with E-state index in [0.29, 0.717) is 12.1 Å². The number of hydrogen-bond donors (Lipinski definition) is 2. The van der Waals surface area contributed by atoms with Crippen molar-refractivity contribution in [2.45, 2.75) is 31.4 Å². The molecule has 1 heterocycles. The van der Waals surface area contributed by atoms with Gasteiger partial charge in [-0.1, -0.05) is 6.07 Å². The Bertz CT molecular complexity index is 585. The van der Waals surface area contributed by atoms with Crippen LogP contribution in [0.15, 0.2) is 30.6 Å². The van der Waals surface area contributed by atoms with Crippen LogP contribution in [0.1, 0.15) is 19.3 Å². The first-order valence-electron chi connectivity index (χ1n) is 6.69. The Balaban J connectivity index is 1.84. The van der Waals surface area contributed by atoms with Crippen LogP contribution >= 0.6 is 0 Å². The lowest BCUT2D eigenvalue weighted by molar-refractivity contribution is 0.108. The Morgan fingerprint density at radius 3 is 3.00 bits per heavy atom. The molecular formula is C15H19N3O. The van der Waals surface area contributed by atoms with Gasteiger partial charge in [0.25, 0.3) is 0 Å². The minimum Gasteiger partial charge on any atom is -0.397 e. The van der Waals surface area contributed by atoms with Crippen LogP contribution in [0.4, 0.5) is 11.4 Å². The summed E-state index contributed by atoms with van der Waals surface area (Å²) >= 11 is 0. The van der Waals surface area contributed by atoms with Gasteiger partial charge in [0.05, 0.1) is 17.5 Å². The predicted molar refractivity (Wildman–Crippen MR) is 78.2 cm³/mol. The third-order valence-corrected chi connectivity index (χ3v) is 3.94. The molecule has 0 amide bonds. The fourth-order valence-corrected chi connectivity index (χ4v) is 2.82. The van der Waals surface area contributed by atoms with Gasteiger partial charge in [-0.3, -0.25) is 4.98 Å². The van der Waals surface area contributed by atoms with E-state index in [2.05, 4.69) is 16.4 Å². The van der Waals surface area contributed by atoms with E-state index in [1.807, 2.05) is 18.3 Å². The predicted octanol–water partition coefficient (Wildman–Crippen LogP) is 2.80. The van der Waals surface area contributed by atoms with Gasteiger partial charge in [0, 0.05) is 36.3 Å². The van der Waals surface area contributed by atoms with Gasteiger partial charge in [0.15, 0.2) is 0 Å². The number of aromatic nitrogens is 1. The topological polar surface area (TPSA) is 60.2 Å². The molecule has 3 rings (SSSR count). The summed E-state index contributed by atoms with van der Waals surface area (Å²) in [4.78, 5) is 4.12. The molecule has 1 aliphatic carbocycles. The second-order valence-corrected chi connectivity index (χ2v) is 5.14. The normalized spacial score (nSPS) is 22.8. The molecule has 2 unspecified atom stereocenters. The van der Waals surface area contributed by atoms with Crippen molar-refractivity contribution >= 4 is 22.1 Å². The highest BCUT2D eigenvalue weighted by Gasteiger charge is 2.24. The lowest BCUT2D eigenvalue weighted by Gasteiger charge is -2.17. The monoisotopic (exact) mass is 257 g/mol. The molecule has 1 fully saturated rings. The number of methoxy groups -OCH3 is 1. The summed E-state index contributed by atoms with van der Waals surface area (Å²) in [5.41, 5.74) is 8.06. The van der Waals surface area contributed by atoms with E-state index in [9.17, 15) is 0 Å². The Morgan fingerprint density at radius 1 is 1.32 bits per heavy atom. The summed E-state index contributed by atoms with van der Waals surface area (Å²) in [6.45, 7) is 0. The van der Waals surface area contributed by atoms with Crippen LogP contribution in [-0.4, -0.2) is 24.2 Å². The minimum absolute atomic E-state index is 0.378. The molecule has 1 aromatic heterocycles. The zero-order chi connectivity index (χ0) is 13.2. The average molecular weight is 257 g/mol. The van der Waals surface area contributed by atoms with Crippen molar-refractivity contribution in [1.29, 1.82) is 0 Å². The third-order valence-electron chi connectivity index (χ3n) is 3.94. The Labute approximate surface area is 113 Å². The SMILES string of the molecule is COC1CCC(Nc2ccc3cnccc3c2N)C1. The van der Waals surface area contributed by atoms with Crippen LogP contribution in [0, 0.1) is 0 Å². The molecule has 19 heavy (non-hydrogen) atoms. The molecule has 100 valence electrons.